The van der Waals surface area contributed by atoms with Crippen molar-refractivity contribution in [2.45, 2.75) is 26.7 Å². The van der Waals surface area contributed by atoms with Crippen LogP contribution >= 0.6 is 0 Å². The summed E-state index contributed by atoms with van der Waals surface area (Å²) in [5, 5.41) is 9.10. The van der Waals surface area contributed by atoms with E-state index in [1.165, 1.54) is 0 Å². The van der Waals surface area contributed by atoms with Gasteiger partial charge in [-0.1, -0.05) is 18.2 Å². The number of carbonyl (C=O) groups excluding carboxylic acids is 1. The lowest BCUT2D eigenvalue weighted by Gasteiger charge is -2.04. The van der Waals surface area contributed by atoms with E-state index in [9.17, 15) is 9.59 Å². The van der Waals surface area contributed by atoms with Gasteiger partial charge >= 0.3 is 5.97 Å². The molecule has 5 heteroatoms. The summed E-state index contributed by atoms with van der Waals surface area (Å²) in [6.45, 7) is 5.52. The highest BCUT2D eigenvalue weighted by Crippen LogP contribution is 2.24. The highest BCUT2D eigenvalue weighted by Gasteiger charge is 2.19. The Morgan fingerprint density at radius 1 is 1.08 bits per heavy atom. The van der Waals surface area contributed by atoms with Crippen molar-refractivity contribution in [3.8, 4) is 0 Å². The van der Waals surface area contributed by atoms with Crippen molar-refractivity contribution >= 4 is 22.9 Å². The molecule has 1 N–H and O–H groups in total. The number of aryl methyl sites for hydroxylation is 2. The molecule has 1 heterocycles. The zero-order valence-electron chi connectivity index (χ0n) is 13.7. The van der Waals surface area contributed by atoms with Gasteiger partial charge in [-0.15, -0.1) is 0 Å². The molecule has 0 saturated heterocycles. The van der Waals surface area contributed by atoms with Crippen LogP contribution in [0.3, 0.4) is 0 Å². The molecule has 0 bridgehead atoms. The number of nitrogens with zero attached hydrogens (tertiary/aromatic N) is 1. The van der Waals surface area contributed by atoms with Crippen LogP contribution < -0.4 is 0 Å². The lowest BCUT2D eigenvalue weighted by Crippen LogP contribution is -2.07. The summed E-state index contributed by atoms with van der Waals surface area (Å²) in [7, 11) is 0. The molecule has 24 heavy (non-hydrogen) atoms. The molecule has 0 radical (unpaired) electrons. The van der Waals surface area contributed by atoms with Crippen molar-refractivity contribution in [3.05, 3.63) is 64.5 Å². The Morgan fingerprint density at radius 2 is 1.83 bits per heavy atom. The number of benzene rings is 2. The third-order valence-corrected chi connectivity index (χ3v) is 4.25. The van der Waals surface area contributed by atoms with Crippen LogP contribution in [0.2, 0.25) is 0 Å². The second-order valence-corrected chi connectivity index (χ2v) is 5.93. The number of hydrogen-bond donors (Lipinski definition) is 1. The predicted molar refractivity (Wildman–Crippen MR) is 89.4 cm³/mol. The highest BCUT2D eigenvalue weighted by molar-refractivity contribution is 6.07. The minimum absolute atomic E-state index is 0.00776. The monoisotopic (exact) mass is 323 g/mol. The van der Waals surface area contributed by atoms with E-state index >= 15 is 0 Å². The number of carboxylic acids is 1. The third-order valence-electron chi connectivity index (χ3n) is 4.25. The summed E-state index contributed by atoms with van der Waals surface area (Å²) < 4.78 is 5.54. The molecule has 0 aliphatic rings. The summed E-state index contributed by atoms with van der Waals surface area (Å²) >= 11 is 0. The number of carbonyl (C=O) groups is 2. The van der Waals surface area contributed by atoms with Crippen LogP contribution in [-0.2, 0) is 4.79 Å². The molecule has 0 spiro atoms. The maximum absolute atomic E-state index is 12.6. The average molecular weight is 323 g/mol. The van der Waals surface area contributed by atoms with E-state index in [4.69, 9.17) is 9.52 Å². The Kier molecular flexibility index (Phi) is 3.93. The number of fused-ring (bicyclic) bond motifs is 1. The first-order valence-electron chi connectivity index (χ1n) is 7.62. The van der Waals surface area contributed by atoms with Gasteiger partial charge in [0.25, 0.3) is 5.89 Å². The van der Waals surface area contributed by atoms with Gasteiger partial charge in [-0.05, 0) is 55.7 Å². The molecule has 0 aliphatic heterocycles. The van der Waals surface area contributed by atoms with Crippen LogP contribution in [-0.4, -0.2) is 21.8 Å². The quantitative estimate of drug-likeness (QED) is 0.737. The number of aromatic nitrogens is 1. The molecule has 0 aliphatic carbocycles. The van der Waals surface area contributed by atoms with Crippen molar-refractivity contribution in [2.24, 2.45) is 0 Å². The van der Waals surface area contributed by atoms with Gasteiger partial charge in [0.05, 0.1) is 5.92 Å². The van der Waals surface area contributed by atoms with Crippen LogP contribution in [0, 0.1) is 13.8 Å². The highest BCUT2D eigenvalue weighted by atomic mass is 16.4. The molecule has 2 aromatic carbocycles. The fraction of sp³-hybridized carbons (Fsp3) is 0.211. The Hall–Kier alpha value is -2.95. The maximum atomic E-state index is 12.6. The molecule has 0 amide bonds. The Labute approximate surface area is 138 Å². The summed E-state index contributed by atoms with van der Waals surface area (Å²) in [5.74, 6) is -1.84. The van der Waals surface area contributed by atoms with Crippen LogP contribution in [0.4, 0.5) is 0 Å². The van der Waals surface area contributed by atoms with E-state index in [0.29, 0.717) is 22.2 Å². The second-order valence-electron chi connectivity index (χ2n) is 5.93. The number of carboxylic acid groups (broad SMARTS) is 1. The summed E-state index contributed by atoms with van der Waals surface area (Å²) in [6, 6.07) is 10.4. The normalized spacial score (nSPS) is 12.3. The second kappa shape index (κ2) is 5.92. The van der Waals surface area contributed by atoms with Gasteiger partial charge in [0.15, 0.2) is 5.58 Å². The molecule has 0 fully saturated rings. The molecule has 5 nitrogen and oxygen atoms in total. The van der Waals surface area contributed by atoms with E-state index in [1.54, 1.807) is 31.2 Å². The smallest absolute Gasteiger partial charge is 0.310 e. The summed E-state index contributed by atoms with van der Waals surface area (Å²) in [5.41, 5.74) is 4.21. The van der Waals surface area contributed by atoms with Gasteiger partial charge in [0.2, 0.25) is 5.78 Å². The first kappa shape index (κ1) is 15.9. The van der Waals surface area contributed by atoms with Gasteiger partial charge in [0, 0.05) is 5.56 Å². The number of rotatable bonds is 4. The van der Waals surface area contributed by atoms with Gasteiger partial charge < -0.3 is 9.52 Å². The van der Waals surface area contributed by atoms with E-state index in [1.807, 2.05) is 26.0 Å². The molecule has 3 aromatic rings. The van der Waals surface area contributed by atoms with Gasteiger partial charge in [-0.25, -0.2) is 4.98 Å². The third kappa shape index (κ3) is 2.80. The Morgan fingerprint density at radius 3 is 2.50 bits per heavy atom. The zero-order chi connectivity index (χ0) is 17.4. The first-order chi connectivity index (χ1) is 11.4. The lowest BCUT2D eigenvalue weighted by molar-refractivity contribution is -0.138. The fourth-order valence-corrected chi connectivity index (χ4v) is 2.46. The summed E-state index contributed by atoms with van der Waals surface area (Å²) in [6.07, 6.45) is 0. The van der Waals surface area contributed by atoms with Crippen LogP contribution in [0.15, 0.2) is 40.8 Å². The molecule has 1 unspecified atom stereocenters. The molecular formula is C19H17NO4. The van der Waals surface area contributed by atoms with E-state index < -0.39 is 11.9 Å². The lowest BCUT2D eigenvalue weighted by atomic mass is 10.0. The average Bonchev–Trinajstić information content (AvgIpc) is 2.98. The zero-order valence-corrected chi connectivity index (χ0v) is 13.7. The first-order valence-corrected chi connectivity index (χ1v) is 7.62. The fourth-order valence-electron chi connectivity index (χ4n) is 2.46. The molecular weight excluding hydrogens is 306 g/mol. The van der Waals surface area contributed by atoms with E-state index in [-0.39, 0.29) is 11.7 Å². The van der Waals surface area contributed by atoms with Crippen LogP contribution in [0.25, 0.3) is 11.1 Å². The van der Waals surface area contributed by atoms with Gasteiger partial charge in [0.1, 0.15) is 5.52 Å². The van der Waals surface area contributed by atoms with Crippen molar-refractivity contribution in [1.29, 1.82) is 0 Å². The minimum atomic E-state index is -0.913. The number of oxazole rings is 1. The number of hydrogen-bond acceptors (Lipinski definition) is 4. The summed E-state index contributed by atoms with van der Waals surface area (Å²) in [4.78, 5) is 27.9. The van der Waals surface area contributed by atoms with Crippen molar-refractivity contribution in [2.75, 3.05) is 0 Å². The largest absolute Gasteiger partial charge is 0.481 e. The van der Waals surface area contributed by atoms with Gasteiger partial charge in [-0.3, -0.25) is 9.59 Å². The molecule has 1 aromatic heterocycles. The van der Waals surface area contributed by atoms with E-state index in [0.717, 1.165) is 11.1 Å². The van der Waals surface area contributed by atoms with Crippen molar-refractivity contribution in [3.63, 3.8) is 0 Å². The SMILES string of the molecule is Cc1ccc(C(=O)c2nc3cc(C(C)C(=O)O)ccc3o2)cc1C. The molecule has 3 rings (SSSR count). The maximum Gasteiger partial charge on any atom is 0.310 e. The Balaban J connectivity index is 1.99. The predicted octanol–water partition coefficient (Wildman–Crippen LogP) is 3.86. The number of aliphatic carboxylic acids is 1. The molecule has 1 atom stereocenters. The van der Waals surface area contributed by atoms with Crippen LogP contribution in [0.1, 0.15) is 45.8 Å². The topological polar surface area (TPSA) is 80.4 Å². The minimum Gasteiger partial charge on any atom is -0.481 e. The molecule has 122 valence electrons. The standard InChI is InChI=1S/C19H17NO4/c1-10-4-5-14(8-11(10)2)17(21)18-20-15-9-13(12(3)19(22)23)6-7-16(15)24-18/h4-9,12H,1-3H3,(H,22,23). The molecule has 0 saturated carbocycles. The Bertz CT molecular complexity index is 955. The van der Waals surface area contributed by atoms with Crippen molar-refractivity contribution < 1.29 is 19.1 Å². The van der Waals surface area contributed by atoms with Gasteiger partial charge in [-0.2, -0.15) is 0 Å². The van der Waals surface area contributed by atoms with Crippen molar-refractivity contribution in [1.82, 2.24) is 4.98 Å². The van der Waals surface area contributed by atoms with Crippen LogP contribution in [0.5, 0.6) is 0 Å². The number of ketones is 1. The van der Waals surface area contributed by atoms with E-state index in [2.05, 4.69) is 4.98 Å².